The first-order valence-electron chi connectivity index (χ1n) is 8.40. The maximum absolute atomic E-state index is 12.8. The van der Waals surface area contributed by atoms with Gasteiger partial charge in [0.15, 0.2) is 0 Å². The van der Waals surface area contributed by atoms with Crippen molar-refractivity contribution in [3.63, 3.8) is 0 Å². The summed E-state index contributed by atoms with van der Waals surface area (Å²) < 4.78 is 1.94. The molecule has 1 fully saturated rings. The molecule has 1 aliphatic heterocycles. The summed E-state index contributed by atoms with van der Waals surface area (Å²) >= 11 is 0. The number of rotatable bonds is 2. The topological polar surface area (TPSA) is 61.1 Å². The lowest BCUT2D eigenvalue weighted by Gasteiger charge is -2.36. The molecule has 3 heterocycles. The smallest absolute Gasteiger partial charge is 0.274 e. The van der Waals surface area contributed by atoms with Crippen LogP contribution in [-0.2, 0) is 0 Å². The molecule has 1 aromatic carbocycles. The number of aromatic hydroxyl groups is 1. The minimum atomic E-state index is -0.0416. The summed E-state index contributed by atoms with van der Waals surface area (Å²) in [6.07, 6.45) is 1.81. The lowest BCUT2D eigenvalue weighted by Crippen LogP contribution is -2.48. The number of anilines is 1. The summed E-state index contributed by atoms with van der Waals surface area (Å²) in [5.74, 6) is 0.234. The lowest BCUT2D eigenvalue weighted by molar-refractivity contribution is 0.0741. The summed E-state index contributed by atoms with van der Waals surface area (Å²) in [5.41, 5.74) is 3.13. The van der Waals surface area contributed by atoms with E-state index in [1.54, 1.807) is 6.07 Å². The molecular weight excluding hydrogens is 316 g/mol. The van der Waals surface area contributed by atoms with Crippen molar-refractivity contribution in [2.45, 2.75) is 6.92 Å². The van der Waals surface area contributed by atoms with Crippen molar-refractivity contribution in [3.05, 3.63) is 60.0 Å². The van der Waals surface area contributed by atoms with Crippen LogP contribution in [0.2, 0.25) is 0 Å². The van der Waals surface area contributed by atoms with Crippen LogP contribution in [0, 0.1) is 6.92 Å². The monoisotopic (exact) mass is 336 g/mol. The second-order valence-corrected chi connectivity index (χ2v) is 6.29. The van der Waals surface area contributed by atoms with E-state index in [1.165, 1.54) is 0 Å². The van der Waals surface area contributed by atoms with Crippen LogP contribution in [-0.4, -0.2) is 51.5 Å². The minimum Gasteiger partial charge on any atom is -0.506 e. The van der Waals surface area contributed by atoms with Gasteiger partial charge in [-0.05, 0) is 31.2 Å². The highest BCUT2D eigenvalue weighted by atomic mass is 16.3. The zero-order chi connectivity index (χ0) is 17.4. The van der Waals surface area contributed by atoms with Crippen LogP contribution in [0.4, 0.5) is 5.69 Å². The molecule has 0 atom stereocenters. The molecule has 0 spiro atoms. The summed E-state index contributed by atoms with van der Waals surface area (Å²) in [6, 6.07) is 13.1. The van der Waals surface area contributed by atoms with E-state index in [0.29, 0.717) is 31.9 Å². The Labute approximate surface area is 145 Å². The molecule has 6 nitrogen and oxygen atoms in total. The molecule has 6 heteroatoms. The summed E-state index contributed by atoms with van der Waals surface area (Å²) in [7, 11) is 0. The fourth-order valence-corrected chi connectivity index (χ4v) is 3.30. The predicted octanol–water partition coefficient (Wildman–Crippen LogP) is 2.31. The Hall–Kier alpha value is -3.02. The number of piperazine rings is 1. The SMILES string of the molecule is Cc1cccc2nc(C(=O)N3CCN(c4ccccc4O)CC3)cn12. The summed E-state index contributed by atoms with van der Waals surface area (Å²) in [5, 5.41) is 9.99. The van der Waals surface area contributed by atoms with Crippen LogP contribution in [0.5, 0.6) is 5.75 Å². The van der Waals surface area contributed by atoms with Crippen LogP contribution in [0.3, 0.4) is 0 Å². The largest absolute Gasteiger partial charge is 0.506 e. The Balaban J connectivity index is 1.49. The first-order valence-corrected chi connectivity index (χ1v) is 8.40. The van der Waals surface area contributed by atoms with Crippen molar-refractivity contribution < 1.29 is 9.90 Å². The first-order chi connectivity index (χ1) is 12.1. The molecule has 2 aromatic heterocycles. The molecule has 0 aliphatic carbocycles. The molecule has 1 aliphatic rings. The van der Waals surface area contributed by atoms with Crippen LogP contribution in [0.1, 0.15) is 16.2 Å². The van der Waals surface area contributed by atoms with Gasteiger partial charge in [0, 0.05) is 38.1 Å². The Morgan fingerprint density at radius 2 is 1.80 bits per heavy atom. The third-order valence-corrected chi connectivity index (χ3v) is 4.70. The number of hydrogen-bond acceptors (Lipinski definition) is 4. The van der Waals surface area contributed by atoms with Crippen LogP contribution >= 0.6 is 0 Å². The van der Waals surface area contributed by atoms with Crippen LogP contribution in [0.25, 0.3) is 5.65 Å². The molecule has 1 saturated heterocycles. The van der Waals surface area contributed by atoms with Gasteiger partial charge in [-0.2, -0.15) is 0 Å². The number of benzene rings is 1. The number of para-hydroxylation sites is 2. The number of phenolic OH excluding ortho intramolecular Hbond substituents is 1. The third-order valence-electron chi connectivity index (χ3n) is 4.70. The highest BCUT2D eigenvalue weighted by Crippen LogP contribution is 2.27. The lowest BCUT2D eigenvalue weighted by atomic mass is 10.2. The van der Waals surface area contributed by atoms with Crippen LogP contribution in [0.15, 0.2) is 48.7 Å². The van der Waals surface area contributed by atoms with E-state index >= 15 is 0 Å². The number of phenols is 1. The molecule has 0 saturated carbocycles. The normalized spacial score (nSPS) is 14.9. The van der Waals surface area contributed by atoms with Gasteiger partial charge < -0.3 is 19.3 Å². The second kappa shape index (κ2) is 6.12. The number of fused-ring (bicyclic) bond motifs is 1. The molecule has 0 bridgehead atoms. The minimum absolute atomic E-state index is 0.0416. The number of pyridine rings is 1. The van der Waals surface area contributed by atoms with Gasteiger partial charge in [0.1, 0.15) is 17.1 Å². The second-order valence-electron chi connectivity index (χ2n) is 6.29. The van der Waals surface area contributed by atoms with Gasteiger partial charge in [-0.3, -0.25) is 4.79 Å². The van der Waals surface area contributed by atoms with Crippen molar-refractivity contribution >= 4 is 17.2 Å². The van der Waals surface area contributed by atoms with Gasteiger partial charge in [-0.15, -0.1) is 0 Å². The summed E-state index contributed by atoms with van der Waals surface area (Å²) in [4.78, 5) is 21.2. The number of aromatic nitrogens is 2. The zero-order valence-electron chi connectivity index (χ0n) is 14.1. The number of aryl methyl sites for hydroxylation is 1. The predicted molar refractivity (Wildman–Crippen MR) is 96.2 cm³/mol. The van der Waals surface area contributed by atoms with Crippen molar-refractivity contribution in [2.75, 3.05) is 31.1 Å². The van der Waals surface area contributed by atoms with E-state index in [4.69, 9.17) is 0 Å². The average molecular weight is 336 g/mol. The van der Waals surface area contributed by atoms with Gasteiger partial charge in [0.05, 0.1) is 5.69 Å². The highest BCUT2D eigenvalue weighted by molar-refractivity contribution is 5.93. The van der Waals surface area contributed by atoms with E-state index in [1.807, 2.05) is 58.8 Å². The quantitative estimate of drug-likeness (QED) is 0.780. The van der Waals surface area contributed by atoms with E-state index in [-0.39, 0.29) is 11.7 Å². The van der Waals surface area contributed by atoms with Crippen LogP contribution < -0.4 is 4.90 Å². The number of hydrogen-bond donors (Lipinski definition) is 1. The Kier molecular flexibility index (Phi) is 3.80. The van der Waals surface area contributed by atoms with Crippen molar-refractivity contribution in [1.82, 2.24) is 14.3 Å². The molecule has 1 amide bonds. The van der Waals surface area contributed by atoms with Gasteiger partial charge in [-0.25, -0.2) is 4.98 Å². The van der Waals surface area contributed by atoms with Crippen molar-refractivity contribution in [2.24, 2.45) is 0 Å². The van der Waals surface area contributed by atoms with Gasteiger partial charge in [-0.1, -0.05) is 18.2 Å². The van der Waals surface area contributed by atoms with E-state index in [0.717, 1.165) is 17.0 Å². The molecule has 0 radical (unpaired) electrons. The molecule has 1 N–H and O–H groups in total. The number of carbonyl (C=O) groups excluding carboxylic acids is 1. The third kappa shape index (κ3) is 2.80. The maximum Gasteiger partial charge on any atom is 0.274 e. The Morgan fingerprint density at radius 3 is 2.52 bits per heavy atom. The zero-order valence-corrected chi connectivity index (χ0v) is 14.1. The maximum atomic E-state index is 12.8. The van der Waals surface area contributed by atoms with Crippen molar-refractivity contribution in [3.8, 4) is 5.75 Å². The van der Waals surface area contributed by atoms with E-state index < -0.39 is 0 Å². The summed E-state index contributed by atoms with van der Waals surface area (Å²) in [6.45, 7) is 4.60. The number of amides is 1. The fourth-order valence-electron chi connectivity index (χ4n) is 3.30. The number of carbonyl (C=O) groups is 1. The average Bonchev–Trinajstić information content (AvgIpc) is 3.07. The molecule has 25 heavy (non-hydrogen) atoms. The van der Waals surface area contributed by atoms with E-state index in [9.17, 15) is 9.90 Å². The molecule has 3 aromatic rings. The molecule has 0 unspecified atom stereocenters. The van der Waals surface area contributed by atoms with E-state index in [2.05, 4.69) is 9.88 Å². The highest BCUT2D eigenvalue weighted by Gasteiger charge is 2.25. The Morgan fingerprint density at radius 1 is 1.04 bits per heavy atom. The first kappa shape index (κ1) is 15.5. The van der Waals surface area contributed by atoms with Crippen molar-refractivity contribution in [1.29, 1.82) is 0 Å². The van der Waals surface area contributed by atoms with Gasteiger partial charge in [0.25, 0.3) is 5.91 Å². The molecular formula is C19H20N4O2. The molecule has 128 valence electrons. The standard InChI is InChI=1S/C19H20N4O2/c1-14-5-4-8-18-20-15(13-23(14)18)19(25)22-11-9-21(10-12-22)16-6-2-3-7-17(16)24/h2-8,13,24H,9-12H2,1H3. The van der Waals surface area contributed by atoms with Gasteiger partial charge in [0.2, 0.25) is 0 Å². The number of imidazole rings is 1. The number of nitrogens with zero attached hydrogens (tertiary/aromatic N) is 4. The molecule has 4 rings (SSSR count). The Bertz CT molecular complexity index is 926. The fraction of sp³-hybridized carbons (Fsp3) is 0.263. The van der Waals surface area contributed by atoms with Gasteiger partial charge >= 0.3 is 0 Å².